The summed E-state index contributed by atoms with van der Waals surface area (Å²) < 4.78 is 5.34. The molecule has 0 aromatic carbocycles. The zero-order valence-electron chi connectivity index (χ0n) is 5.68. The molecular formula is C7H13NO. The Morgan fingerprint density at radius 1 is 1.33 bits per heavy atom. The fourth-order valence-corrected chi connectivity index (χ4v) is 1.78. The van der Waals surface area contributed by atoms with Gasteiger partial charge in [0.05, 0.1) is 13.2 Å². The smallest absolute Gasteiger partial charge is 0.0622 e. The summed E-state index contributed by atoms with van der Waals surface area (Å²) >= 11 is 0. The lowest BCUT2D eigenvalue weighted by Crippen LogP contribution is -2.40. The van der Waals surface area contributed by atoms with Crippen molar-refractivity contribution in [2.75, 3.05) is 26.3 Å². The quantitative estimate of drug-likeness (QED) is 0.469. The molecule has 2 aliphatic heterocycles. The third-order valence-corrected chi connectivity index (χ3v) is 2.33. The summed E-state index contributed by atoms with van der Waals surface area (Å²) in [5.41, 5.74) is 0. The van der Waals surface area contributed by atoms with Gasteiger partial charge >= 0.3 is 0 Å². The van der Waals surface area contributed by atoms with Gasteiger partial charge in [-0.15, -0.1) is 0 Å². The van der Waals surface area contributed by atoms with Crippen LogP contribution in [0.4, 0.5) is 0 Å². The van der Waals surface area contributed by atoms with E-state index in [1.165, 1.54) is 25.9 Å². The van der Waals surface area contributed by atoms with E-state index in [1.807, 2.05) is 0 Å². The lowest BCUT2D eigenvalue weighted by molar-refractivity contribution is 0.0129. The molecule has 2 heteroatoms. The van der Waals surface area contributed by atoms with Crippen molar-refractivity contribution in [3.63, 3.8) is 0 Å². The molecule has 0 amide bonds. The molecule has 2 saturated heterocycles. The summed E-state index contributed by atoms with van der Waals surface area (Å²) in [5, 5.41) is 0. The summed E-state index contributed by atoms with van der Waals surface area (Å²) in [4.78, 5) is 2.55. The maximum atomic E-state index is 5.34. The molecule has 9 heavy (non-hydrogen) atoms. The van der Waals surface area contributed by atoms with Crippen LogP contribution in [-0.4, -0.2) is 37.2 Å². The van der Waals surface area contributed by atoms with Gasteiger partial charge in [0.25, 0.3) is 0 Å². The minimum atomic E-state index is 0.777. The minimum Gasteiger partial charge on any atom is -0.378 e. The van der Waals surface area contributed by atoms with Crippen LogP contribution in [0.5, 0.6) is 0 Å². The van der Waals surface area contributed by atoms with Gasteiger partial charge in [-0.2, -0.15) is 0 Å². The fraction of sp³-hybridized carbons (Fsp3) is 1.00. The van der Waals surface area contributed by atoms with Crippen LogP contribution in [0, 0.1) is 0 Å². The summed E-state index contributed by atoms with van der Waals surface area (Å²) in [6, 6.07) is 0.777. The van der Waals surface area contributed by atoms with Crippen LogP contribution in [0.15, 0.2) is 0 Å². The highest BCUT2D eigenvalue weighted by Crippen LogP contribution is 2.19. The average Bonchev–Trinajstić information content (AvgIpc) is 2.33. The number of fused-ring (bicyclic) bond motifs is 1. The molecule has 2 heterocycles. The predicted molar refractivity (Wildman–Crippen MR) is 35.4 cm³/mol. The molecule has 0 bridgehead atoms. The van der Waals surface area contributed by atoms with Crippen LogP contribution in [0.2, 0.25) is 0 Å². The van der Waals surface area contributed by atoms with Crippen molar-refractivity contribution in [3.8, 4) is 0 Å². The third kappa shape index (κ3) is 0.970. The first-order chi connectivity index (χ1) is 4.47. The van der Waals surface area contributed by atoms with Crippen molar-refractivity contribution in [1.29, 1.82) is 0 Å². The van der Waals surface area contributed by atoms with Gasteiger partial charge in [0, 0.05) is 12.6 Å². The Morgan fingerprint density at radius 3 is 3.22 bits per heavy atom. The topological polar surface area (TPSA) is 12.5 Å². The summed E-state index contributed by atoms with van der Waals surface area (Å²) in [6.45, 7) is 4.43. The largest absolute Gasteiger partial charge is 0.378 e. The van der Waals surface area contributed by atoms with Gasteiger partial charge in [-0.25, -0.2) is 0 Å². The molecule has 52 valence electrons. The van der Waals surface area contributed by atoms with Gasteiger partial charge in [0.2, 0.25) is 0 Å². The number of hydrogen-bond donors (Lipinski definition) is 0. The maximum absolute atomic E-state index is 5.34. The molecule has 0 aliphatic carbocycles. The molecule has 1 atom stereocenters. The van der Waals surface area contributed by atoms with E-state index in [0.717, 1.165) is 19.3 Å². The van der Waals surface area contributed by atoms with E-state index in [0.29, 0.717) is 0 Å². The van der Waals surface area contributed by atoms with Crippen LogP contribution in [-0.2, 0) is 4.74 Å². The Hall–Kier alpha value is -0.0800. The Morgan fingerprint density at radius 2 is 2.33 bits per heavy atom. The molecule has 0 N–H and O–H groups in total. The van der Waals surface area contributed by atoms with Crippen LogP contribution < -0.4 is 0 Å². The van der Waals surface area contributed by atoms with Crippen LogP contribution in [0.1, 0.15) is 12.8 Å². The monoisotopic (exact) mass is 127 g/mol. The first-order valence-electron chi connectivity index (χ1n) is 3.78. The minimum absolute atomic E-state index is 0.777. The molecule has 2 rings (SSSR count). The summed E-state index contributed by atoms with van der Waals surface area (Å²) in [6.07, 6.45) is 2.74. The van der Waals surface area contributed by atoms with Crippen molar-refractivity contribution >= 4 is 0 Å². The first-order valence-corrected chi connectivity index (χ1v) is 3.78. The highest BCUT2D eigenvalue weighted by Gasteiger charge is 2.26. The molecule has 0 spiro atoms. The first kappa shape index (κ1) is 5.69. The van der Waals surface area contributed by atoms with Crippen LogP contribution in [0.3, 0.4) is 0 Å². The predicted octanol–water partition coefficient (Wildman–Crippen LogP) is 0.481. The Bertz CT molecular complexity index is 93.1. The number of morpholine rings is 1. The van der Waals surface area contributed by atoms with Gasteiger partial charge in [-0.3, -0.25) is 4.90 Å². The zero-order valence-corrected chi connectivity index (χ0v) is 5.68. The van der Waals surface area contributed by atoms with Crippen LogP contribution >= 0.6 is 0 Å². The van der Waals surface area contributed by atoms with Gasteiger partial charge in [-0.05, 0) is 19.4 Å². The molecule has 2 nitrogen and oxygen atoms in total. The average molecular weight is 127 g/mol. The van der Waals surface area contributed by atoms with E-state index in [1.54, 1.807) is 0 Å². The Balaban J connectivity index is 1.97. The standard InChI is InChI=1S/C7H13NO/c1-2-7-6-9-5-4-8(7)3-1/h7H,1-6H2. The molecule has 2 aliphatic rings. The molecule has 0 aromatic rings. The highest BCUT2D eigenvalue weighted by atomic mass is 16.5. The van der Waals surface area contributed by atoms with E-state index in [4.69, 9.17) is 4.74 Å². The number of nitrogens with zero attached hydrogens (tertiary/aromatic N) is 1. The van der Waals surface area contributed by atoms with Crippen molar-refractivity contribution in [3.05, 3.63) is 0 Å². The molecule has 1 unspecified atom stereocenters. The van der Waals surface area contributed by atoms with Crippen molar-refractivity contribution in [2.45, 2.75) is 18.9 Å². The second-order valence-corrected chi connectivity index (χ2v) is 2.91. The van der Waals surface area contributed by atoms with E-state index >= 15 is 0 Å². The van der Waals surface area contributed by atoms with Gasteiger partial charge in [0.1, 0.15) is 0 Å². The Labute approximate surface area is 55.8 Å². The van der Waals surface area contributed by atoms with Crippen molar-refractivity contribution in [1.82, 2.24) is 4.90 Å². The second kappa shape index (κ2) is 2.27. The summed E-state index contributed by atoms with van der Waals surface area (Å²) in [5.74, 6) is 0. The van der Waals surface area contributed by atoms with E-state index in [-0.39, 0.29) is 0 Å². The number of hydrogen-bond acceptors (Lipinski definition) is 2. The molecule has 0 radical (unpaired) electrons. The summed E-state index contributed by atoms with van der Waals surface area (Å²) in [7, 11) is 0. The Kier molecular flexibility index (Phi) is 1.44. The molecule has 2 fully saturated rings. The second-order valence-electron chi connectivity index (χ2n) is 2.91. The lowest BCUT2D eigenvalue weighted by Gasteiger charge is -2.28. The lowest BCUT2D eigenvalue weighted by atomic mass is 10.2. The number of ether oxygens (including phenoxy) is 1. The van der Waals surface area contributed by atoms with Crippen molar-refractivity contribution in [2.24, 2.45) is 0 Å². The zero-order chi connectivity index (χ0) is 6.10. The van der Waals surface area contributed by atoms with Crippen molar-refractivity contribution < 1.29 is 4.74 Å². The van der Waals surface area contributed by atoms with E-state index < -0.39 is 0 Å². The van der Waals surface area contributed by atoms with E-state index in [9.17, 15) is 0 Å². The van der Waals surface area contributed by atoms with E-state index in [2.05, 4.69) is 4.90 Å². The SMILES string of the molecule is C1CC2COCCN2C1. The molecular weight excluding hydrogens is 114 g/mol. The fourth-order valence-electron chi connectivity index (χ4n) is 1.78. The van der Waals surface area contributed by atoms with Gasteiger partial charge in [-0.1, -0.05) is 0 Å². The highest BCUT2D eigenvalue weighted by molar-refractivity contribution is 4.80. The van der Waals surface area contributed by atoms with Gasteiger partial charge in [0.15, 0.2) is 0 Å². The van der Waals surface area contributed by atoms with Crippen LogP contribution in [0.25, 0.3) is 0 Å². The number of rotatable bonds is 0. The molecule has 0 saturated carbocycles. The third-order valence-electron chi connectivity index (χ3n) is 2.33. The maximum Gasteiger partial charge on any atom is 0.0622 e. The normalized spacial score (nSPS) is 36.7. The molecule has 0 aromatic heterocycles. The van der Waals surface area contributed by atoms with Gasteiger partial charge < -0.3 is 4.74 Å².